The highest BCUT2D eigenvalue weighted by atomic mass is 35.5. The predicted molar refractivity (Wildman–Crippen MR) is 88.1 cm³/mol. The summed E-state index contributed by atoms with van der Waals surface area (Å²) in [7, 11) is 0. The second-order valence-electron chi connectivity index (χ2n) is 5.05. The zero-order chi connectivity index (χ0) is 15.4. The van der Waals surface area contributed by atoms with Crippen LogP contribution >= 0.6 is 11.6 Å². The van der Waals surface area contributed by atoms with Crippen LogP contribution in [0.25, 0.3) is 0 Å². The molecule has 0 spiro atoms. The molecule has 2 aromatic rings. The van der Waals surface area contributed by atoms with E-state index in [1.165, 1.54) is 17.8 Å². The topological polar surface area (TPSA) is 24.8 Å². The first-order valence-corrected chi connectivity index (χ1v) is 7.52. The minimum absolute atomic E-state index is 0.0808. The fraction of sp³-hybridized carbons (Fsp3) is 0.235. The molecule has 2 aromatic carbocycles. The van der Waals surface area contributed by atoms with E-state index in [1.807, 2.05) is 12.1 Å². The molecule has 0 bridgehead atoms. The van der Waals surface area contributed by atoms with Crippen LogP contribution in [0, 0.1) is 5.82 Å². The van der Waals surface area contributed by atoms with Gasteiger partial charge in [-0.25, -0.2) is 4.39 Å². The van der Waals surface area contributed by atoms with Gasteiger partial charge >= 0.3 is 0 Å². The van der Waals surface area contributed by atoms with Gasteiger partial charge in [0.1, 0.15) is 5.82 Å². The van der Waals surface area contributed by atoms with Gasteiger partial charge in [0.05, 0.1) is 23.9 Å². The van der Waals surface area contributed by atoms with Crippen LogP contribution in [0.4, 0.5) is 15.8 Å². The molecule has 1 aliphatic heterocycles. The summed E-state index contributed by atoms with van der Waals surface area (Å²) in [6.45, 7) is 3.38. The number of anilines is 1. The van der Waals surface area contributed by atoms with Crippen LogP contribution in [0.1, 0.15) is 5.56 Å². The van der Waals surface area contributed by atoms with Crippen molar-refractivity contribution in [2.45, 2.75) is 0 Å². The normalized spacial score (nSPS) is 15.5. The Kier molecular flexibility index (Phi) is 4.71. The van der Waals surface area contributed by atoms with Crippen molar-refractivity contribution in [1.29, 1.82) is 0 Å². The van der Waals surface area contributed by atoms with Crippen LogP contribution < -0.4 is 4.90 Å². The molecular weight excluding hydrogens is 303 g/mol. The molecule has 0 unspecified atom stereocenters. The maximum atomic E-state index is 13.1. The smallest absolute Gasteiger partial charge is 0.141 e. The third kappa shape index (κ3) is 3.64. The summed E-state index contributed by atoms with van der Waals surface area (Å²) in [6, 6.07) is 12.6. The zero-order valence-corrected chi connectivity index (χ0v) is 12.8. The molecule has 1 aliphatic rings. The van der Waals surface area contributed by atoms with E-state index < -0.39 is 5.82 Å². The van der Waals surface area contributed by atoms with Gasteiger partial charge in [-0.05, 0) is 35.9 Å². The molecule has 5 heteroatoms. The summed E-state index contributed by atoms with van der Waals surface area (Å²) < 4.78 is 18.4. The van der Waals surface area contributed by atoms with Gasteiger partial charge in [-0.3, -0.25) is 4.99 Å². The van der Waals surface area contributed by atoms with E-state index in [2.05, 4.69) is 22.0 Å². The van der Waals surface area contributed by atoms with E-state index in [0.29, 0.717) is 5.69 Å². The largest absolute Gasteiger partial charge is 0.378 e. The molecule has 3 nitrogen and oxygen atoms in total. The quantitative estimate of drug-likeness (QED) is 0.797. The number of benzene rings is 2. The molecule has 0 N–H and O–H groups in total. The Morgan fingerprint density at radius 2 is 1.82 bits per heavy atom. The minimum Gasteiger partial charge on any atom is -0.378 e. The standard InChI is InChI=1S/C17H16ClFN2O/c18-16-11-14(3-6-17(16)19)20-12-13-1-4-15(5-2-13)21-7-9-22-10-8-21/h1-6,11-12H,7-10H2. The number of morpholine rings is 1. The molecule has 0 aliphatic carbocycles. The van der Waals surface area contributed by atoms with Gasteiger partial charge < -0.3 is 9.64 Å². The lowest BCUT2D eigenvalue weighted by Gasteiger charge is -2.28. The van der Waals surface area contributed by atoms with Crippen molar-refractivity contribution in [1.82, 2.24) is 0 Å². The van der Waals surface area contributed by atoms with Crippen molar-refractivity contribution in [3.63, 3.8) is 0 Å². The Morgan fingerprint density at radius 3 is 2.50 bits per heavy atom. The second-order valence-corrected chi connectivity index (χ2v) is 5.45. The number of hydrogen-bond acceptors (Lipinski definition) is 3. The van der Waals surface area contributed by atoms with Crippen molar-refractivity contribution in [3.05, 3.63) is 58.9 Å². The van der Waals surface area contributed by atoms with Crippen molar-refractivity contribution < 1.29 is 9.13 Å². The molecule has 1 heterocycles. The first kappa shape index (κ1) is 15.0. The molecule has 114 valence electrons. The number of rotatable bonds is 3. The lowest BCUT2D eigenvalue weighted by molar-refractivity contribution is 0.122. The first-order chi connectivity index (χ1) is 10.7. The molecule has 22 heavy (non-hydrogen) atoms. The third-order valence-electron chi connectivity index (χ3n) is 3.54. The molecular formula is C17H16ClFN2O. The minimum atomic E-state index is -0.435. The summed E-state index contributed by atoms with van der Waals surface area (Å²) in [6.07, 6.45) is 1.74. The number of ether oxygens (including phenoxy) is 1. The molecule has 1 saturated heterocycles. The molecule has 1 fully saturated rings. The summed E-state index contributed by atoms with van der Waals surface area (Å²) in [5, 5.41) is 0.0808. The second kappa shape index (κ2) is 6.90. The average Bonchev–Trinajstić information content (AvgIpc) is 2.57. The molecule has 0 atom stereocenters. The number of nitrogens with zero attached hydrogens (tertiary/aromatic N) is 2. The van der Waals surface area contributed by atoms with E-state index >= 15 is 0 Å². The van der Waals surface area contributed by atoms with Crippen LogP contribution in [0.3, 0.4) is 0 Å². The number of hydrogen-bond donors (Lipinski definition) is 0. The maximum Gasteiger partial charge on any atom is 0.141 e. The van der Waals surface area contributed by atoms with E-state index in [1.54, 1.807) is 12.3 Å². The Balaban J connectivity index is 1.69. The fourth-order valence-electron chi connectivity index (χ4n) is 2.31. The van der Waals surface area contributed by atoms with Crippen LogP contribution in [-0.4, -0.2) is 32.5 Å². The van der Waals surface area contributed by atoms with Gasteiger partial charge in [0.25, 0.3) is 0 Å². The van der Waals surface area contributed by atoms with Crippen LogP contribution in [-0.2, 0) is 4.74 Å². The highest BCUT2D eigenvalue weighted by Crippen LogP contribution is 2.22. The Labute approximate surface area is 134 Å². The monoisotopic (exact) mass is 318 g/mol. The van der Waals surface area contributed by atoms with E-state index in [4.69, 9.17) is 16.3 Å². The SMILES string of the molecule is Fc1ccc(N=Cc2ccc(N3CCOCC3)cc2)cc1Cl. The number of aliphatic imine (C=N–C) groups is 1. The Hall–Kier alpha value is -1.91. The van der Waals surface area contributed by atoms with Gasteiger partial charge in [0, 0.05) is 25.0 Å². The summed E-state index contributed by atoms with van der Waals surface area (Å²) in [5.41, 5.74) is 2.80. The average molecular weight is 319 g/mol. The molecule has 0 radical (unpaired) electrons. The third-order valence-corrected chi connectivity index (χ3v) is 3.82. The van der Waals surface area contributed by atoms with Crippen LogP contribution in [0.2, 0.25) is 5.02 Å². The Bertz CT molecular complexity index is 667. The van der Waals surface area contributed by atoms with Gasteiger partial charge in [0.15, 0.2) is 0 Å². The van der Waals surface area contributed by atoms with E-state index in [0.717, 1.165) is 31.9 Å². The maximum absolute atomic E-state index is 13.1. The number of halogens is 2. The zero-order valence-electron chi connectivity index (χ0n) is 12.0. The van der Waals surface area contributed by atoms with E-state index in [9.17, 15) is 4.39 Å². The summed E-state index contributed by atoms with van der Waals surface area (Å²) in [4.78, 5) is 6.61. The lowest BCUT2D eigenvalue weighted by atomic mass is 10.2. The first-order valence-electron chi connectivity index (χ1n) is 7.14. The highest BCUT2D eigenvalue weighted by Gasteiger charge is 2.10. The van der Waals surface area contributed by atoms with Gasteiger partial charge in [0.2, 0.25) is 0 Å². The van der Waals surface area contributed by atoms with E-state index in [-0.39, 0.29) is 5.02 Å². The molecule has 0 amide bonds. The Morgan fingerprint density at radius 1 is 1.09 bits per heavy atom. The summed E-state index contributed by atoms with van der Waals surface area (Å²) in [5.74, 6) is -0.435. The van der Waals surface area contributed by atoms with Crippen molar-refractivity contribution >= 4 is 29.2 Å². The van der Waals surface area contributed by atoms with Crippen LogP contribution in [0.5, 0.6) is 0 Å². The van der Waals surface area contributed by atoms with Gasteiger partial charge in [-0.1, -0.05) is 23.7 Å². The van der Waals surface area contributed by atoms with Gasteiger partial charge in [-0.15, -0.1) is 0 Å². The van der Waals surface area contributed by atoms with Gasteiger partial charge in [-0.2, -0.15) is 0 Å². The predicted octanol–water partition coefficient (Wildman–Crippen LogP) is 4.07. The summed E-state index contributed by atoms with van der Waals surface area (Å²) >= 11 is 5.74. The highest BCUT2D eigenvalue weighted by molar-refractivity contribution is 6.31. The lowest BCUT2D eigenvalue weighted by Crippen LogP contribution is -2.36. The van der Waals surface area contributed by atoms with Crippen molar-refractivity contribution in [3.8, 4) is 0 Å². The fourth-order valence-corrected chi connectivity index (χ4v) is 2.48. The molecule has 0 aromatic heterocycles. The molecule has 0 saturated carbocycles. The van der Waals surface area contributed by atoms with Crippen molar-refractivity contribution in [2.75, 3.05) is 31.2 Å². The van der Waals surface area contributed by atoms with Crippen LogP contribution in [0.15, 0.2) is 47.5 Å². The molecule has 3 rings (SSSR count). The van der Waals surface area contributed by atoms with Crippen molar-refractivity contribution in [2.24, 2.45) is 4.99 Å².